The van der Waals surface area contributed by atoms with E-state index in [9.17, 15) is 0 Å². The molecule has 0 saturated carbocycles. The van der Waals surface area contributed by atoms with Crippen molar-refractivity contribution in [3.63, 3.8) is 0 Å². The predicted octanol–water partition coefficient (Wildman–Crippen LogP) is 0.546. The summed E-state index contributed by atoms with van der Waals surface area (Å²) in [6.45, 7) is 3.66. The van der Waals surface area contributed by atoms with Crippen LogP contribution >= 0.6 is 0 Å². The van der Waals surface area contributed by atoms with Crippen LogP contribution in [0.25, 0.3) is 5.82 Å². The molecule has 0 amide bonds. The van der Waals surface area contributed by atoms with Gasteiger partial charge >= 0.3 is 0 Å². The van der Waals surface area contributed by atoms with E-state index in [4.69, 9.17) is 5.26 Å². The van der Waals surface area contributed by atoms with Crippen LogP contribution in [0, 0.1) is 25.2 Å². The van der Waals surface area contributed by atoms with Gasteiger partial charge in [-0.05, 0) is 13.8 Å². The molecule has 0 aromatic carbocycles. The third kappa shape index (κ3) is 1.81. The fourth-order valence-electron chi connectivity index (χ4n) is 1.22. The zero-order valence-corrected chi connectivity index (χ0v) is 8.34. The molecule has 0 N–H and O–H groups in total. The van der Waals surface area contributed by atoms with Crippen LogP contribution in [-0.2, 0) is 0 Å². The lowest BCUT2D eigenvalue weighted by Gasteiger charge is -2.00. The lowest BCUT2D eigenvalue weighted by atomic mass is 10.4. The quantitative estimate of drug-likeness (QED) is 0.671. The number of rotatable bonds is 1. The van der Waals surface area contributed by atoms with E-state index < -0.39 is 0 Å². The molecule has 0 aliphatic rings. The van der Waals surface area contributed by atoms with Crippen molar-refractivity contribution in [2.75, 3.05) is 0 Å². The van der Waals surface area contributed by atoms with Gasteiger partial charge in [-0.3, -0.25) is 0 Å². The van der Waals surface area contributed by atoms with Crippen molar-refractivity contribution >= 4 is 0 Å². The van der Waals surface area contributed by atoms with Crippen molar-refractivity contribution in [1.29, 1.82) is 5.26 Å². The van der Waals surface area contributed by atoms with E-state index in [1.54, 1.807) is 13.0 Å². The van der Waals surface area contributed by atoms with E-state index in [-0.39, 0.29) is 5.69 Å². The highest BCUT2D eigenvalue weighted by Gasteiger charge is 2.04. The van der Waals surface area contributed by atoms with Crippen LogP contribution < -0.4 is 0 Å². The van der Waals surface area contributed by atoms with Crippen molar-refractivity contribution in [3.05, 3.63) is 29.5 Å². The Kier molecular flexibility index (Phi) is 2.14. The number of aromatic nitrogens is 5. The molecule has 0 spiro atoms. The summed E-state index contributed by atoms with van der Waals surface area (Å²) in [6, 6.07) is 3.67. The van der Waals surface area contributed by atoms with Gasteiger partial charge in [0, 0.05) is 11.8 Å². The fourth-order valence-corrected chi connectivity index (χ4v) is 1.22. The number of aryl methyl sites for hydroxylation is 2. The van der Waals surface area contributed by atoms with Crippen molar-refractivity contribution in [3.8, 4) is 11.9 Å². The summed E-state index contributed by atoms with van der Waals surface area (Å²) in [4.78, 5) is 9.63. The second-order valence-corrected chi connectivity index (χ2v) is 3.05. The molecule has 2 aromatic rings. The van der Waals surface area contributed by atoms with E-state index in [2.05, 4.69) is 20.2 Å². The fraction of sp³-hybridized carbons (Fsp3) is 0.222. The van der Waals surface area contributed by atoms with Crippen LogP contribution in [0.15, 0.2) is 12.3 Å². The minimum atomic E-state index is 0.268. The van der Waals surface area contributed by atoms with E-state index in [1.807, 2.05) is 13.0 Å². The molecule has 15 heavy (non-hydrogen) atoms. The van der Waals surface area contributed by atoms with Crippen molar-refractivity contribution < 1.29 is 0 Å². The maximum absolute atomic E-state index is 8.61. The topological polar surface area (TPSA) is 80.3 Å². The van der Waals surface area contributed by atoms with E-state index in [0.29, 0.717) is 11.6 Å². The van der Waals surface area contributed by atoms with Crippen molar-refractivity contribution in [2.24, 2.45) is 0 Å². The highest BCUT2D eigenvalue weighted by Crippen LogP contribution is 2.04. The first-order valence-corrected chi connectivity index (χ1v) is 4.34. The SMILES string of the molecule is Cc1cc(-n2ncc(C#N)n2)nc(C)n1. The van der Waals surface area contributed by atoms with E-state index in [1.165, 1.54) is 11.0 Å². The number of hydrogen-bond donors (Lipinski definition) is 0. The van der Waals surface area contributed by atoms with Crippen LogP contribution in [0.5, 0.6) is 0 Å². The average molecular weight is 200 g/mol. The summed E-state index contributed by atoms with van der Waals surface area (Å²) in [5.41, 5.74) is 1.11. The van der Waals surface area contributed by atoms with Gasteiger partial charge in [0.15, 0.2) is 11.5 Å². The van der Waals surface area contributed by atoms with Gasteiger partial charge in [0.25, 0.3) is 0 Å². The third-order valence-electron chi connectivity index (χ3n) is 1.76. The highest BCUT2D eigenvalue weighted by molar-refractivity contribution is 5.23. The standard InChI is InChI=1S/C9H8N6/c1-6-3-9(13-7(2)12-6)15-11-5-8(4-10)14-15/h3,5H,1-2H3. The molecule has 2 heterocycles. The van der Waals surface area contributed by atoms with E-state index in [0.717, 1.165) is 5.69 Å². The molecule has 0 saturated heterocycles. The molecule has 0 fully saturated rings. The highest BCUT2D eigenvalue weighted by atomic mass is 15.5. The molecule has 0 bridgehead atoms. The maximum atomic E-state index is 8.61. The summed E-state index contributed by atoms with van der Waals surface area (Å²) in [5.74, 6) is 1.22. The van der Waals surface area contributed by atoms with E-state index >= 15 is 0 Å². The molecule has 0 aliphatic carbocycles. The van der Waals surface area contributed by atoms with Gasteiger partial charge in [-0.2, -0.15) is 10.4 Å². The zero-order chi connectivity index (χ0) is 10.8. The Balaban J connectivity index is 2.50. The summed E-state index contributed by atoms with van der Waals surface area (Å²) < 4.78 is 0. The first-order chi connectivity index (χ1) is 7.19. The summed E-state index contributed by atoms with van der Waals surface area (Å²) in [7, 11) is 0. The number of nitrogens with zero attached hydrogens (tertiary/aromatic N) is 6. The van der Waals surface area contributed by atoms with Gasteiger partial charge in [-0.25, -0.2) is 9.97 Å². The second kappa shape index (κ2) is 3.46. The lowest BCUT2D eigenvalue weighted by molar-refractivity contribution is 0.716. The molecule has 6 nitrogen and oxygen atoms in total. The van der Waals surface area contributed by atoms with Gasteiger partial charge < -0.3 is 0 Å². The van der Waals surface area contributed by atoms with Crippen molar-refractivity contribution in [2.45, 2.75) is 13.8 Å². The summed E-state index contributed by atoms with van der Waals surface area (Å²) in [5, 5.41) is 16.5. The third-order valence-corrected chi connectivity index (χ3v) is 1.76. The molecule has 0 aliphatic heterocycles. The van der Waals surface area contributed by atoms with Gasteiger partial charge in [-0.15, -0.1) is 9.90 Å². The van der Waals surface area contributed by atoms with Crippen LogP contribution in [0.1, 0.15) is 17.2 Å². The van der Waals surface area contributed by atoms with Crippen LogP contribution in [0.4, 0.5) is 0 Å². The smallest absolute Gasteiger partial charge is 0.183 e. The summed E-state index contributed by atoms with van der Waals surface area (Å²) >= 11 is 0. The Hall–Kier alpha value is -2.29. The minimum absolute atomic E-state index is 0.268. The lowest BCUT2D eigenvalue weighted by Crippen LogP contribution is -2.05. The molecule has 0 radical (unpaired) electrons. The van der Waals surface area contributed by atoms with Crippen LogP contribution in [-0.4, -0.2) is 25.0 Å². The Morgan fingerprint density at radius 2 is 2.13 bits per heavy atom. The molecule has 0 unspecified atom stereocenters. The molecule has 2 rings (SSSR count). The second-order valence-electron chi connectivity index (χ2n) is 3.05. The molecule has 74 valence electrons. The molecule has 0 atom stereocenters. The molecule has 2 aromatic heterocycles. The van der Waals surface area contributed by atoms with Gasteiger partial charge in [0.2, 0.25) is 0 Å². The first kappa shape index (κ1) is 9.27. The minimum Gasteiger partial charge on any atom is -0.238 e. The Labute approximate surface area is 86.2 Å². The zero-order valence-electron chi connectivity index (χ0n) is 8.34. The number of hydrogen-bond acceptors (Lipinski definition) is 5. The normalized spacial score (nSPS) is 9.93. The van der Waals surface area contributed by atoms with Gasteiger partial charge in [-0.1, -0.05) is 0 Å². The van der Waals surface area contributed by atoms with Gasteiger partial charge in [0.1, 0.15) is 11.9 Å². The Morgan fingerprint density at radius 3 is 2.73 bits per heavy atom. The molecule has 6 heteroatoms. The van der Waals surface area contributed by atoms with Crippen LogP contribution in [0.2, 0.25) is 0 Å². The predicted molar refractivity (Wildman–Crippen MR) is 51.1 cm³/mol. The maximum Gasteiger partial charge on any atom is 0.183 e. The van der Waals surface area contributed by atoms with Gasteiger partial charge in [0.05, 0.1) is 6.20 Å². The van der Waals surface area contributed by atoms with Crippen LogP contribution in [0.3, 0.4) is 0 Å². The summed E-state index contributed by atoms with van der Waals surface area (Å²) in [6.07, 6.45) is 1.40. The molecular formula is C9H8N6. The monoisotopic (exact) mass is 200 g/mol. The van der Waals surface area contributed by atoms with Crippen molar-refractivity contribution in [1.82, 2.24) is 25.0 Å². The average Bonchev–Trinajstić information content (AvgIpc) is 2.64. The number of nitriles is 1. The molecular weight excluding hydrogens is 192 g/mol. The Bertz CT molecular complexity index is 516. The largest absolute Gasteiger partial charge is 0.238 e. The Morgan fingerprint density at radius 1 is 1.33 bits per heavy atom. The first-order valence-electron chi connectivity index (χ1n) is 4.34.